The lowest BCUT2D eigenvalue weighted by atomic mass is 10.2. The molecule has 0 saturated heterocycles. The molecule has 1 heterocycles. The number of nitrogens with zero attached hydrogens (tertiary/aromatic N) is 3. The van der Waals surface area contributed by atoms with Gasteiger partial charge in [0, 0.05) is 12.1 Å². The van der Waals surface area contributed by atoms with Crippen molar-refractivity contribution in [2.24, 2.45) is 0 Å². The Kier molecular flexibility index (Phi) is 6.52. The van der Waals surface area contributed by atoms with E-state index in [4.69, 9.17) is 13.9 Å². The summed E-state index contributed by atoms with van der Waals surface area (Å²) in [5.74, 6) is 0.845. The number of anilines is 1. The molecule has 0 aliphatic rings. The molecule has 0 bridgehead atoms. The van der Waals surface area contributed by atoms with Gasteiger partial charge in [0.25, 0.3) is 16.8 Å². The number of hydrogen-bond donors (Lipinski definition) is 1. The molecule has 3 aromatic rings. The second-order valence-corrected chi connectivity index (χ2v) is 6.98. The van der Waals surface area contributed by atoms with Gasteiger partial charge in [-0.2, -0.15) is 0 Å². The Morgan fingerprint density at radius 3 is 2.70 bits per heavy atom. The number of nitro benzene ring substituents is 1. The fraction of sp³-hybridized carbons (Fsp3) is 0.211. The van der Waals surface area contributed by atoms with Crippen LogP contribution in [0, 0.1) is 17.0 Å². The predicted octanol–water partition coefficient (Wildman–Crippen LogP) is 3.70. The van der Waals surface area contributed by atoms with Crippen LogP contribution < -0.4 is 14.8 Å². The first kappa shape index (κ1) is 21.1. The van der Waals surface area contributed by atoms with Crippen molar-refractivity contribution in [1.82, 2.24) is 10.2 Å². The maximum atomic E-state index is 12.2. The van der Waals surface area contributed by atoms with Crippen molar-refractivity contribution < 1.29 is 23.6 Å². The van der Waals surface area contributed by atoms with Gasteiger partial charge in [-0.15, -0.1) is 10.2 Å². The highest BCUT2D eigenvalue weighted by molar-refractivity contribution is 7.99. The molecule has 1 aromatic heterocycles. The SMILES string of the molecule is COc1ccc(-c2nnc(SCC(=O)Nc3ccc(C)cc3[N+](=O)[O-])o2)c(OC)c1. The summed E-state index contributed by atoms with van der Waals surface area (Å²) < 4.78 is 16.1. The Morgan fingerprint density at radius 2 is 2.00 bits per heavy atom. The van der Waals surface area contributed by atoms with Crippen LogP contribution >= 0.6 is 11.8 Å². The number of ether oxygens (including phenoxy) is 2. The lowest BCUT2D eigenvalue weighted by Gasteiger charge is -2.07. The van der Waals surface area contributed by atoms with E-state index in [-0.39, 0.29) is 28.2 Å². The number of carbonyl (C=O) groups excluding carboxylic acids is 1. The van der Waals surface area contributed by atoms with Crippen molar-refractivity contribution in [3.8, 4) is 23.0 Å². The number of nitrogens with one attached hydrogen (secondary N) is 1. The number of amides is 1. The molecule has 11 heteroatoms. The zero-order valence-corrected chi connectivity index (χ0v) is 17.2. The fourth-order valence-corrected chi connectivity index (χ4v) is 3.13. The first-order valence-electron chi connectivity index (χ1n) is 8.65. The monoisotopic (exact) mass is 430 g/mol. The van der Waals surface area contributed by atoms with Crippen LogP contribution in [-0.2, 0) is 4.79 Å². The first-order chi connectivity index (χ1) is 14.4. The van der Waals surface area contributed by atoms with E-state index < -0.39 is 10.8 Å². The summed E-state index contributed by atoms with van der Waals surface area (Å²) in [4.78, 5) is 22.8. The molecule has 0 fully saturated rings. The highest BCUT2D eigenvalue weighted by Crippen LogP contribution is 2.33. The van der Waals surface area contributed by atoms with E-state index in [0.29, 0.717) is 17.1 Å². The second-order valence-electron chi connectivity index (χ2n) is 6.05. The largest absolute Gasteiger partial charge is 0.497 e. The molecule has 30 heavy (non-hydrogen) atoms. The molecule has 156 valence electrons. The van der Waals surface area contributed by atoms with Crippen molar-refractivity contribution in [3.05, 3.63) is 52.1 Å². The van der Waals surface area contributed by atoms with Gasteiger partial charge in [0.2, 0.25) is 5.91 Å². The van der Waals surface area contributed by atoms with Crippen LogP contribution in [0.3, 0.4) is 0 Å². The highest BCUT2D eigenvalue weighted by Gasteiger charge is 2.18. The maximum absolute atomic E-state index is 12.2. The number of thioether (sulfide) groups is 1. The van der Waals surface area contributed by atoms with E-state index in [2.05, 4.69) is 15.5 Å². The molecular formula is C19H18N4O6S. The number of hydrogen-bond acceptors (Lipinski definition) is 9. The Balaban J connectivity index is 1.66. The van der Waals surface area contributed by atoms with Gasteiger partial charge in [0.1, 0.15) is 17.2 Å². The molecule has 0 spiro atoms. The van der Waals surface area contributed by atoms with Gasteiger partial charge in [-0.25, -0.2) is 0 Å². The molecule has 0 aliphatic carbocycles. The summed E-state index contributed by atoms with van der Waals surface area (Å²) >= 11 is 1.01. The summed E-state index contributed by atoms with van der Waals surface area (Å²) in [6.45, 7) is 1.74. The number of aryl methyl sites for hydroxylation is 1. The molecule has 0 radical (unpaired) electrons. The van der Waals surface area contributed by atoms with Crippen molar-refractivity contribution in [1.29, 1.82) is 0 Å². The number of methoxy groups -OCH3 is 2. The van der Waals surface area contributed by atoms with Gasteiger partial charge in [0.05, 0.1) is 30.5 Å². The molecule has 10 nitrogen and oxygen atoms in total. The average Bonchev–Trinajstić information content (AvgIpc) is 3.21. The van der Waals surface area contributed by atoms with E-state index in [1.807, 2.05) is 0 Å². The topological polar surface area (TPSA) is 130 Å². The van der Waals surface area contributed by atoms with Gasteiger partial charge in [0.15, 0.2) is 0 Å². The minimum atomic E-state index is -0.539. The van der Waals surface area contributed by atoms with E-state index in [9.17, 15) is 14.9 Å². The normalized spacial score (nSPS) is 10.5. The minimum absolute atomic E-state index is 0.0631. The van der Waals surface area contributed by atoms with Crippen LogP contribution in [0.5, 0.6) is 11.5 Å². The van der Waals surface area contributed by atoms with Gasteiger partial charge in [-0.3, -0.25) is 14.9 Å². The number of carbonyl (C=O) groups is 1. The Labute approximate surface area is 175 Å². The summed E-state index contributed by atoms with van der Waals surface area (Å²) in [5.41, 5.74) is 1.27. The van der Waals surface area contributed by atoms with E-state index in [1.165, 1.54) is 19.2 Å². The van der Waals surface area contributed by atoms with E-state index in [0.717, 1.165) is 17.3 Å². The van der Waals surface area contributed by atoms with Gasteiger partial charge < -0.3 is 19.2 Å². The van der Waals surface area contributed by atoms with Crippen LogP contribution in [0.2, 0.25) is 0 Å². The van der Waals surface area contributed by atoms with Crippen molar-refractivity contribution in [2.45, 2.75) is 12.1 Å². The standard InChI is InChI=1S/C19H18N4O6S/c1-11-4-7-14(15(8-11)23(25)26)20-17(24)10-30-19-22-21-18(29-19)13-6-5-12(27-2)9-16(13)28-3/h4-9H,10H2,1-3H3,(H,20,24). The summed E-state index contributed by atoms with van der Waals surface area (Å²) in [6.07, 6.45) is 0. The molecule has 2 aromatic carbocycles. The number of rotatable bonds is 8. The first-order valence-corrected chi connectivity index (χ1v) is 9.63. The smallest absolute Gasteiger partial charge is 0.293 e. The Hall–Kier alpha value is -3.60. The number of benzene rings is 2. The molecule has 1 amide bonds. The van der Waals surface area contributed by atoms with Gasteiger partial charge in [-0.1, -0.05) is 17.8 Å². The van der Waals surface area contributed by atoms with Crippen LogP contribution in [0.25, 0.3) is 11.5 Å². The lowest BCUT2D eigenvalue weighted by molar-refractivity contribution is -0.384. The molecule has 0 unspecified atom stereocenters. The summed E-state index contributed by atoms with van der Waals surface area (Å²) in [6, 6.07) is 9.72. The van der Waals surface area contributed by atoms with Crippen molar-refractivity contribution in [2.75, 3.05) is 25.3 Å². The molecule has 1 N–H and O–H groups in total. The van der Waals surface area contributed by atoms with Crippen molar-refractivity contribution >= 4 is 29.0 Å². The quantitative estimate of drug-likeness (QED) is 0.323. The summed E-state index contributed by atoms with van der Waals surface area (Å²) in [5, 5.41) is 21.8. The molecule has 3 rings (SSSR count). The lowest BCUT2D eigenvalue weighted by Crippen LogP contribution is -2.15. The zero-order chi connectivity index (χ0) is 21.7. The van der Waals surface area contributed by atoms with E-state index >= 15 is 0 Å². The third-order valence-electron chi connectivity index (χ3n) is 4.00. The van der Waals surface area contributed by atoms with Crippen molar-refractivity contribution in [3.63, 3.8) is 0 Å². The number of nitro groups is 1. The molecule has 0 saturated carbocycles. The van der Waals surface area contributed by atoms with Crippen LogP contribution in [0.4, 0.5) is 11.4 Å². The predicted molar refractivity (Wildman–Crippen MR) is 110 cm³/mol. The fourth-order valence-electron chi connectivity index (χ4n) is 2.56. The molecular weight excluding hydrogens is 412 g/mol. The van der Waals surface area contributed by atoms with Gasteiger partial charge in [-0.05, 0) is 30.7 Å². The maximum Gasteiger partial charge on any atom is 0.293 e. The Morgan fingerprint density at radius 1 is 1.20 bits per heavy atom. The zero-order valence-electron chi connectivity index (χ0n) is 16.4. The minimum Gasteiger partial charge on any atom is -0.497 e. The van der Waals surface area contributed by atoms with Gasteiger partial charge >= 0.3 is 0 Å². The molecule has 0 atom stereocenters. The summed E-state index contributed by atoms with van der Waals surface area (Å²) in [7, 11) is 3.06. The highest BCUT2D eigenvalue weighted by atomic mass is 32.2. The van der Waals surface area contributed by atoms with Crippen LogP contribution in [-0.4, -0.2) is 41.0 Å². The van der Waals surface area contributed by atoms with E-state index in [1.54, 1.807) is 38.3 Å². The third-order valence-corrected chi connectivity index (χ3v) is 4.81. The third kappa shape index (κ3) is 4.87. The second kappa shape index (κ2) is 9.27. The average molecular weight is 430 g/mol. The van der Waals surface area contributed by atoms with Crippen LogP contribution in [0.15, 0.2) is 46.0 Å². The Bertz CT molecular complexity index is 1080. The molecule has 0 aliphatic heterocycles. The number of aromatic nitrogens is 2. The van der Waals surface area contributed by atoms with Crippen LogP contribution in [0.1, 0.15) is 5.56 Å².